The molecule has 4 N–H and O–H groups in total. The van der Waals surface area contributed by atoms with Crippen LogP contribution in [-0.4, -0.2) is 63.6 Å². The second-order valence-corrected chi connectivity index (χ2v) is 7.25. The molecule has 7 nitrogen and oxygen atoms in total. The fourth-order valence-electron chi connectivity index (χ4n) is 3.36. The van der Waals surface area contributed by atoms with Crippen LogP contribution >= 0.6 is 0 Å². The van der Waals surface area contributed by atoms with Gasteiger partial charge in [0.05, 0.1) is 18.8 Å². The lowest BCUT2D eigenvalue weighted by atomic mass is 9.91. The lowest BCUT2D eigenvalue weighted by Gasteiger charge is -2.21. The zero-order chi connectivity index (χ0) is 19.2. The van der Waals surface area contributed by atoms with Gasteiger partial charge in [-0.1, -0.05) is 51.9 Å². The summed E-state index contributed by atoms with van der Waals surface area (Å²) in [4.78, 5) is 24.0. The molecule has 2 heterocycles. The van der Waals surface area contributed by atoms with Crippen molar-refractivity contribution in [1.82, 2.24) is 5.32 Å². The highest BCUT2D eigenvalue weighted by molar-refractivity contribution is 6.16. The van der Waals surface area contributed by atoms with Gasteiger partial charge in [0.25, 0.3) is 5.91 Å². The maximum absolute atomic E-state index is 12.2. The van der Waals surface area contributed by atoms with Crippen LogP contribution in [0.2, 0.25) is 0 Å². The molecule has 0 aromatic carbocycles. The smallest absolute Gasteiger partial charge is 0.263 e. The van der Waals surface area contributed by atoms with Crippen LogP contribution in [0.3, 0.4) is 0 Å². The maximum Gasteiger partial charge on any atom is 0.263 e. The number of hydrogen-bond acceptors (Lipinski definition) is 6. The van der Waals surface area contributed by atoms with Gasteiger partial charge >= 0.3 is 0 Å². The summed E-state index contributed by atoms with van der Waals surface area (Å²) in [5, 5.41) is 31.4. The summed E-state index contributed by atoms with van der Waals surface area (Å²) in [5.41, 5.74) is -2.55. The number of carbonyl (C=O) groups is 2. The highest BCUT2D eigenvalue weighted by Gasteiger charge is 2.58. The van der Waals surface area contributed by atoms with E-state index in [9.17, 15) is 19.8 Å². The van der Waals surface area contributed by atoms with Gasteiger partial charge in [-0.25, -0.2) is 0 Å². The summed E-state index contributed by atoms with van der Waals surface area (Å²) < 4.78 is 5.48. The number of unbranched alkanes of at least 4 members (excludes halogenated alkanes) is 6. The number of amides is 1. The van der Waals surface area contributed by atoms with Crippen LogP contribution in [0, 0.1) is 0 Å². The number of rotatable bonds is 12. The van der Waals surface area contributed by atoms with Crippen molar-refractivity contribution in [2.24, 2.45) is 0 Å². The molecule has 0 unspecified atom stereocenters. The molecule has 2 saturated heterocycles. The van der Waals surface area contributed by atoms with Crippen molar-refractivity contribution in [2.75, 3.05) is 6.61 Å². The predicted octanol–water partition coefficient (Wildman–Crippen LogP) is 0.602. The molecule has 0 radical (unpaired) electrons. The van der Waals surface area contributed by atoms with E-state index in [-0.39, 0.29) is 12.2 Å². The van der Waals surface area contributed by atoms with Crippen LogP contribution in [0.15, 0.2) is 12.2 Å². The van der Waals surface area contributed by atoms with Gasteiger partial charge in [-0.05, 0) is 18.6 Å². The topological polar surface area (TPSA) is 119 Å². The summed E-state index contributed by atoms with van der Waals surface area (Å²) in [6.07, 6.45) is 10.4. The van der Waals surface area contributed by atoms with Crippen molar-refractivity contribution in [3.05, 3.63) is 12.2 Å². The zero-order valence-electron chi connectivity index (χ0n) is 15.4. The average Bonchev–Trinajstić information content (AvgIpc) is 3.35. The Bertz CT molecular complexity index is 522. The lowest BCUT2D eigenvalue weighted by molar-refractivity contribution is -0.154. The fourth-order valence-corrected chi connectivity index (χ4v) is 3.36. The monoisotopic (exact) mass is 369 g/mol. The van der Waals surface area contributed by atoms with E-state index < -0.39 is 36.0 Å². The number of carbonyl (C=O) groups excluding carboxylic acids is 2. The van der Waals surface area contributed by atoms with E-state index in [1.807, 2.05) is 0 Å². The molecule has 0 saturated carbocycles. The second kappa shape index (κ2) is 9.60. The van der Waals surface area contributed by atoms with E-state index in [1.165, 1.54) is 44.6 Å². The maximum atomic E-state index is 12.2. The van der Waals surface area contributed by atoms with Gasteiger partial charge in [0, 0.05) is 0 Å². The van der Waals surface area contributed by atoms with Crippen molar-refractivity contribution in [2.45, 2.75) is 88.2 Å². The highest BCUT2D eigenvalue weighted by Crippen LogP contribution is 2.30. The first-order chi connectivity index (χ1) is 12.4. The predicted molar refractivity (Wildman–Crippen MR) is 95.4 cm³/mol. The van der Waals surface area contributed by atoms with Gasteiger partial charge in [0.1, 0.15) is 12.2 Å². The SMILES string of the molecule is CCCCCCCCC[C@H]1O[C@H]1/C=C/C(=O)[C@@]1(O)C(=O)N[C@@H](CO)[C@@H]1O. The highest BCUT2D eigenvalue weighted by atomic mass is 16.6. The third-order valence-electron chi connectivity index (χ3n) is 5.20. The van der Waals surface area contributed by atoms with Gasteiger partial charge in [0.15, 0.2) is 5.78 Å². The van der Waals surface area contributed by atoms with E-state index in [0.29, 0.717) is 0 Å². The van der Waals surface area contributed by atoms with Crippen LogP contribution in [0.4, 0.5) is 0 Å². The molecule has 148 valence electrons. The number of nitrogens with one attached hydrogen (secondary N) is 1. The Labute approximate surface area is 154 Å². The molecule has 7 heteroatoms. The molecule has 0 aliphatic carbocycles. The number of aliphatic hydroxyl groups excluding tert-OH is 2. The molecule has 2 rings (SSSR count). The largest absolute Gasteiger partial charge is 0.394 e. The molecule has 0 bridgehead atoms. The molecule has 2 aliphatic rings. The Morgan fingerprint density at radius 2 is 1.88 bits per heavy atom. The summed E-state index contributed by atoms with van der Waals surface area (Å²) in [6.45, 7) is 1.64. The first-order valence-corrected chi connectivity index (χ1v) is 9.65. The first kappa shape index (κ1) is 21.0. The van der Waals surface area contributed by atoms with Gasteiger partial charge in [-0.15, -0.1) is 0 Å². The minimum atomic E-state index is -2.55. The third kappa shape index (κ3) is 4.91. The number of aliphatic hydroxyl groups is 3. The van der Waals surface area contributed by atoms with Crippen LogP contribution in [0.5, 0.6) is 0 Å². The molecule has 0 aromatic rings. The average molecular weight is 369 g/mol. The van der Waals surface area contributed by atoms with Crippen LogP contribution in [0.1, 0.15) is 58.3 Å². The number of epoxide rings is 1. The molecule has 2 aliphatic heterocycles. The molecule has 1 amide bonds. The van der Waals surface area contributed by atoms with E-state index in [4.69, 9.17) is 9.84 Å². The van der Waals surface area contributed by atoms with E-state index in [2.05, 4.69) is 12.2 Å². The Morgan fingerprint density at radius 3 is 2.50 bits per heavy atom. The van der Waals surface area contributed by atoms with Crippen molar-refractivity contribution < 1.29 is 29.6 Å². The fraction of sp³-hybridized carbons (Fsp3) is 0.789. The summed E-state index contributed by atoms with van der Waals surface area (Å²) in [6, 6.07) is -1.05. The standard InChI is InChI=1S/C19H31NO6/c1-2-3-4-5-6-7-8-9-14-15(26-14)10-11-16(22)19(25)17(23)13(12-21)20-18(19)24/h10-11,13-15,17,21,23,25H,2-9,12H2,1H3,(H,20,24)/b11-10+/t13-,14+,15-,17-,19-/m0/s1. The minimum Gasteiger partial charge on any atom is -0.394 e. The Hall–Kier alpha value is -1.28. The van der Waals surface area contributed by atoms with Gasteiger partial charge in [0.2, 0.25) is 5.60 Å². The van der Waals surface area contributed by atoms with Crippen molar-refractivity contribution in [1.29, 1.82) is 0 Å². The van der Waals surface area contributed by atoms with E-state index in [0.717, 1.165) is 18.9 Å². The lowest BCUT2D eigenvalue weighted by Crippen LogP contribution is -2.52. The van der Waals surface area contributed by atoms with Crippen molar-refractivity contribution in [3.63, 3.8) is 0 Å². The molecular weight excluding hydrogens is 338 g/mol. The molecule has 0 aromatic heterocycles. The van der Waals surface area contributed by atoms with Crippen molar-refractivity contribution >= 4 is 11.7 Å². The Balaban J connectivity index is 1.69. The molecule has 2 fully saturated rings. The number of ketones is 1. The zero-order valence-corrected chi connectivity index (χ0v) is 15.4. The molecule has 26 heavy (non-hydrogen) atoms. The van der Waals surface area contributed by atoms with Crippen LogP contribution in [0.25, 0.3) is 0 Å². The summed E-state index contributed by atoms with van der Waals surface area (Å²) in [5.74, 6) is -1.89. The summed E-state index contributed by atoms with van der Waals surface area (Å²) >= 11 is 0. The quantitative estimate of drug-likeness (QED) is 0.173. The third-order valence-corrected chi connectivity index (χ3v) is 5.20. The number of ether oxygens (including phenoxy) is 1. The van der Waals surface area contributed by atoms with Gasteiger partial charge in [-0.3, -0.25) is 9.59 Å². The second-order valence-electron chi connectivity index (χ2n) is 7.25. The number of hydrogen-bond donors (Lipinski definition) is 4. The Morgan fingerprint density at radius 1 is 1.23 bits per heavy atom. The molecule has 0 spiro atoms. The van der Waals surface area contributed by atoms with Crippen LogP contribution in [-0.2, 0) is 14.3 Å². The molecular formula is C19H31NO6. The normalized spacial score (nSPS) is 33.6. The first-order valence-electron chi connectivity index (χ1n) is 9.65. The Kier molecular flexibility index (Phi) is 7.76. The molecule has 5 atom stereocenters. The summed E-state index contributed by atoms with van der Waals surface area (Å²) in [7, 11) is 0. The van der Waals surface area contributed by atoms with E-state index >= 15 is 0 Å². The van der Waals surface area contributed by atoms with Gasteiger partial charge < -0.3 is 25.4 Å². The minimum absolute atomic E-state index is 0.0804. The van der Waals surface area contributed by atoms with Crippen molar-refractivity contribution in [3.8, 4) is 0 Å². The van der Waals surface area contributed by atoms with Gasteiger partial charge in [-0.2, -0.15) is 0 Å². The van der Waals surface area contributed by atoms with Crippen LogP contribution < -0.4 is 5.32 Å². The van der Waals surface area contributed by atoms with E-state index in [1.54, 1.807) is 0 Å².